The van der Waals surface area contributed by atoms with Crippen LogP contribution in [0.15, 0.2) is 48.5 Å². The summed E-state index contributed by atoms with van der Waals surface area (Å²) in [6.07, 6.45) is -0.528. The second kappa shape index (κ2) is 8.94. The lowest BCUT2D eigenvalue weighted by Gasteiger charge is -2.11. The van der Waals surface area contributed by atoms with E-state index >= 15 is 0 Å². The SMILES string of the molecule is CC(=O)Nc1ccc(CCNC(=O)CC(O)c2cccc(F)c2)cc1. The van der Waals surface area contributed by atoms with Gasteiger partial charge < -0.3 is 15.7 Å². The molecule has 0 bridgehead atoms. The number of hydrogen-bond donors (Lipinski definition) is 3. The highest BCUT2D eigenvalue weighted by molar-refractivity contribution is 5.88. The highest BCUT2D eigenvalue weighted by Gasteiger charge is 2.13. The van der Waals surface area contributed by atoms with Crippen LogP contribution in [0.25, 0.3) is 0 Å². The minimum absolute atomic E-state index is 0.120. The summed E-state index contributed by atoms with van der Waals surface area (Å²) in [5.74, 6) is -0.872. The summed E-state index contributed by atoms with van der Waals surface area (Å²) < 4.78 is 13.1. The monoisotopic (exact) mass is 344 g/mol. The van der Waals surface area contributed by atoms with Gasteiger partial charge in [-0.05, 0) is 41.8 Å². The summed E-state index contributed by atoms with van der Waals surface area (Å²) in [7, 11) is 0. The number of aliphatic hydroxyl groups is 1. The summed E-state index contributed by atoms with van der Waals surface area (Å²) in [4.78, 5) is 22.8. The standard InChI is InChI=1S/C19H21FN2O3/c1-13(23)22-17-7-5-14(6-8-17)9-10-21-19(25)12-18(24)15-3-2-4-16(20)11-15/h2-8,11,18,24H,9-10,12H2,1H3,(H,21,25)(H,22,23). The molecule has 0 aliphatic heterocycles. The van der Waals surface area contributed by atoms with Crippen molar-refractivity contribution in [2.75, 3.05) is 11.9 Å². The molecule has 0 spiro atoms. The van der Waals surface area contributed by atoms with Crippen LogP contribution < -0.4 is 10.6 Å². The van der Waals surface area contributed by atoms with Crippen LogP contribution in [0.5, 0.6) is 0 Å². The minimum Gasteiger partial charge on any atom is -0.388 e. The number of nitrogens with one attached hydrogen (secondary N) is 2. The maximum Gasteiger partial charge on any atom is 0.222 e. The molecule has 0 aromatic heterocycles. The van der Waals surface area contributed by atoms with Crippen LogP contribution in [0.1, 0.15) is 30.6 Å². The van der Waals surface area contributed by atoms with Crippen LogP contribution in [0.3, 0.4) is 0 Å². The Morgan fingerprint density at radius 2 is 1.88 bits per heavy atom. The number of rotatable bonds is 7. The van der Waals surface area contributed by atoms with Crippen molar-refractivity contribution >= 4 is 17.5 Å². The van der Waals surface area contributed by atoms with E-state index < -0.39 is 11.9 Å². The lowest BCUT2D eigenvalue weighted by atomic mass is 10.1. The Hall–Kier alpha value is -2.73. The first-order valence-corrected chi connectivity index (χ1v) is 8.01. The molecule has 2 amide bonds. The molecule has 6 heteroatoms. The Bertz CT molecular complexity index is 732. The molecule has 0 radical (unpaired) electrons. The first-order chi connectivity index (χ1) is 11.9. The number of hydrogen-bond acceptors (Lipinski definition) is 3. The van der Waals surface area contributed by atoms with E-state index in [0.717, 1.165) is 11.3 Å². The average molecular weight is 344 g/mol. The third kappa shape index (κ3) is 6.35. The van der Waals surface area contributed by atoms with Gasteiger partial charge >= 0.3 is 0 Å². The molecule has 2 aromatic rings. The fourth-order valence-corrected chi connectivity index (χ4v) is 2.38. The van der Waals surface area contributed by atoms with Crippen molar-refractivity contribution in [1.29, 1.82) is 0 Å². The predicted octanol–water partition coefficient (Wildman–Crippen LogP) is 2.57. The van der Waals surface area contributed by atoms with E-state index in [-0.39, 0.29) is 18.2 Å². The first kappa shape index (κ1) is 18.6. The zero-order valence-electron chi connectivity index (χ0n) is 14.0. The van der Waals surface area contributed by atoms with Gasteiger partial charge in [0.05, 0.1) is 12.5 Å². The van der Waals surface area contributed by atoms with Crippen LogP contribution in [-0.4, -0.2) is 23.5 Å². The lowest BCUT2D eigenvalue weighted by Crippen LogP contribution is -2.27. The van der Waals surface area contributed by atoms with Crippen molar-refractivity contribution < 1.29 is 19.1 Å². The van der Waals surface area contributed by atoms with E-state index in [4.69, 9.17) is 0 Å². The molecule has 3 N–H and O–H groups in total. The van der Waals surface area contributed by atoms with Crippen molar-refractivity contribution in [1.82, 2.24) is 5.32 Å². The Kier molecular flexibility index (Phi) is 6.65. The van der Waals surface area contributed by atoms with Crippen LogP contribution in [0.4, 0.5) is 10.1 Å². The third-order valence-corrected chi connectivity index (χ3v) is 3.62. The van der Waals surface area contributed by atoms with Gasteiger partial charge in [0.15, 0.2) is 0 Å². The zero-order chi connectivity index (χ0) is 18.2. The van der Waals surface area contributed by atoms with E-state index in [0.29, 0.717) is 18.5 Å². The van der Waals surface area contributed by atoms with E-state index in [1.54, 1.807) is 18.2 Å². The molecule has 132 valence electrons. The summed E-state index contributed by atoms with van der Waals surface area (Å²) in [5.41, 5.74) is 2.11. The highest BCUT2D eigenvalue weighted by Crippen LogP contribution is 2.17. The molecule has 0 saturated heterocycles. The van der Waals surface area contributed by atoms with E-state index in [9.17, 15) is 19.1 Å². The van der Waals surface area contributed by atoms with E-state index in [1.807, 2.05) is 12.1 Å². The lowest BCUT2D eigenvalue weighted by molar-refractivity contribution is -0.123. The van der Waals surface area contributed by atoms with E-state index in [1.165, 1.54) is 25.1 Å². The van der Waals surface area contributed by atoms with Gasteiger partial charge in [-0.15, -0.1) is 0 Å². The number of benzene rings is 2. The number of carbonyl (C=O) groups is 2. The number of halogens is 1. The molecule has 0 heterocycles. The first-order valence-electron chi connectivity index (χ1n) is 8.01. The molecule has 0 fully saturated rings. The quantitative estimate of drug-likeness (QED) is 0.722. The third-order valence-electron chi connectivity index (χ3n) is 3.62. The molecular weight excluding hydrogens is 323 g/mol. The van der Waals surface area contributed by atoms with Crippen molar-refractivity contribution in [2.24, 2.45) is 0 Å². The number of amides is 2. The Labute approximate surface area is 145 Å². The second-order valence-corrected chi connectivity index (χ2v) is 5.75. The Morgan fingerprint density at radius 1 is 1.16 bits per heavy atom. The van der Waals surface area contributed by atoms with Gasteiger partial charge in [0.2, 0.25) is 11.8 Å². The van der Waals surface area contributed by atoms with Crippen LogP contribution in [0.2, 0.25) is 0 Å². The molecule has 0 aliphatic carbocycles. The summed E-state index contributed by atoms with van der Waals surface area (Å²) in [5, 5.41) is 15.4. The maximum atomic E-state index is 13.1. The van der Waals surface area contributed by atoms with Gasteiger partial charge in [0, 0.05) is 19.2 Å². The molecule has 0 saturated carbocycles. The van der Waals surface area contributed by atoms with Crippen molar-refractivity contribution in [3.8, 4) is 0 Å². The minimum atomic E-state index is -1.03. The molecule has 2 rings (SSSR count). The average Bonchev–Trinajstić information content (AvgIpc) is 2.56. The molecule has 2 aromatic carbocycles. The smallest absolute Gasteiger partial charge is 0.222 e. The van der Waals surface area contributed by atoms with Crippen molar-refractivity contribution in [3.05, 3.63) is 65.5 Å². The normalized spacial score (nSPS) is 11.6. The van der Waals surface area contributed by atoms with Crippen LogP contribution >= 0.6 is 0 Å². The summed E-state index contributed by atoms with van der Waals surface area (Å²) in [6, 6.07) is 12.9. The molecule has 1 unspecified atom stereocenters. The van der Waals surface area contributed by atoms with Crippen LogP contribution in [0, 0.1) is 5.82 Å². The topological polar surface area (TPSA) is 78.4 Å². The van der Waals surface area contributed by atoms with Gasteiger partial charge in [-0.25, -0.2) is 4.39 Å². The number of aliphatic hydroxyl groups excluding tert-OH is 1. The Balaban J connectivity index is 1.75. The fourth-order valence-electron chi connectivity index (χ4n) is 2.38. The molecule has 1 atom stereocenters. The zero-order valence-corrected chi connectivity index (χ0v) is 14.0. The van der Waals surface area contributed by atoms with Crippen LogP contribution in [-0.2, 0) is 16.0 Å². The van der Waals surface area contributed by atoms with E-state index in [2.05, 4.69) is 10.6 Å². The van der Waals surface area contributed by atoms with Gasteiger partial charge in [0.25, 0.3) is 0 Å². The van der Waals surface area contributed by atoms with Gasteiger partial charge in [-0.3, -0.25) is 9.59 Å². The predicted molar refractivity (Wildman–Crippen MR) is 93.4 cm³/mol. The highest BCUT2D eigenvalue weighted by atomic mass is 19.1. The molecule has 5 nitrogen and oxygen atoms in total. The fraction of sp³-hybridized carbons (Fsp3) is 0.263. The summed E-state index contributed by atoms with van der Waals surface area (Å²) >= 11 is 0. The Morgan fingerprint density at radius 3 is 2.52 bits per heavy atom. The summed E-state index contributed by atoms with van der Waals surface area (Å²) in [6.45, 7) is 1.87. The number of anilines is 1. The largest absolute Gasteiger partial charge is 0.388 e. The van der Waals surface area contributed by atoms with Gasteiger partial charge in [0.1, 0.15) is 5.82 Å². The second-order valence-electron chi connectivity index (χ2n) is 5.75. The van der Waals surface area contributed by atoms with Crippen molar-refractivity contribution in [2.45, 2.75) is 25.9 Å². The van der Waals surface area contributed by atoms with Gasteiger partial charge in [-0.2, -0.15) is 0 Å². The maximum absolute atomic E-state index is 13.1. The molecule has 25 heavy (non-hydrogen) atoms. The van der Waals surface area contributed by atoms with Crippen molar-refractivity contribution in [3.63, 3.8) is 0 Å². The number of carbonyl (C=O) groups excluding carboxylic acids is 2. The molecular formula is C19H21FN2O3. The molecule has 0 aliphatic rings. The van der Waals surface area contributed by atoms with Gasteiger partial charge in [-0.1, -0.05) is 24.3 Å².